The van der Waals surface area contributed by atoms with Crippen LogP contribution in [0.3, 0.4) is 0 Å². The standard InChI is InChI=1S/C13H28N2O/c1-12(2)11(10-13(12,3)16-6)14-8-7-9-15(4)5/h11,14H,7-10H2,1-6H3. The van der Waals surface area contributed by atoms with E-state index in [1.165, 1.54) is 6.42 Å². The van der Waals surface area contributed by atoms with Gasteiger partial charge in [0, 0.05) is 18.6 Å². The number of nitrogens with zero attached hydrogens (tertiary/aromatic N) is 1. The molecule has 3 nitrogen and oxygen atoms in total. The van der Waals surface area contributed by atoms with Gasteiger partial charge in [-0.25, -0.2) is 0 Å². The fourth-order valence-electron chi connectivity index (χ4n) is 2.49. The first-order chi connectivity index (χ1) is 7.33. The Morgan fingerprint density at radius 3 is 2.38 bits per heavy atom. The van der Waals surface area contributed by atoms with Gasteiger partial charge >= 0.3 is 0 Å². The van der Waals surface area contributed by atoms with Crippen LogP contribution in [0.4, 0.5) is 0 Å². The first-order valence-electron chi connectivity index (χ1n) is 6.27. The van der Waals surface area contributed by atoms with E-state index in [0.29, 0.717) is 6.04 Å². The van der Waals surface area contributed by atoms with Crippen molar-refractivity contribution in [2.24, 2.45) is 5.41 Å². The Morgan fingerprint density at radius 2 is 1.94 bits per heavy atom. The van der Waals surface area contributed by atoms with Gasteiger partial charge in [0.15, 0.2) is 0 Å². The summed E-state index contributed by atoms with van der Waals surface area (Å²) in [5.41, 5.74) is 0.284. The molecule has 16 heavy (non-hydrogen) atoms. The molecule has 96 valence electrons. The lowest BCUT2D eigenvalue weighted by Crippen LogP contribution is -2.67. The topological polar surface area (TPSA) is 24.5 Å². The second-order valence-electron chi connectivity index (χ2n) is 6.02. The minimum atomic E-state index is 0.0478. The van der Waals surface area contributed by atoms with E-state index in [4.69, 9.17) is 4.74 Å². The number of nitrogens with one attached hydrogen (secondary N) is 1. The van der Waals surface area contributed by atoms with E-state index < -0.39 is 0 Å². The summed E-state index contributed by atoms with van der Waals surface area (Å²) < 4.78 is 5.62. The third kappa shape index (κ3) is 2.58. The zero-order valence-corrected chi connectivity index (χ0v) is 11.8. The molecule has 3 heteroatoms. The van der Waals surface area contributed by atoms with Crippen LogP contribution in [-0.2, 0) is 4.74 Å². The van der Waals surface area contributed by atoms with Gasteiger partial charge in [-0.2, -0.15) is 0 Å². The molecule has 1 saturated carbocycles. The van der Waals surface area contributed by atoms with Crippen molar-refractivity contribution >= 4 is 0 Å². The summed E-state index contributed by atoms with van der Waals surface area (Å²) in [6.45, 7) is 9.06. The lowest BCUT2D eigenvalue weighted by Gasteiger charge is -2.59. The van der Waals surface area contributed by atoms with Crippen molar-refractivity contribution in [3.8, 4) is 0 Å². The SMILES string of the molecule is COC1(C)CC(NCCCN(C)C)C1(C)C. The summed E-state index contributed by atoms with van der Waals surface area (Å²) in [4.78, 5) is 2.23. The molecular formula is C13H28N2O. The molecule has 0 radical (unpaired) electrons. The van der Waals surface area contributed by atoms with Crippen molar-refractivity contribution in [1.82, 2.24) is 10.2 Å². The van der Waals surface area contributed by atoms with Gasteiger partial charge in [0.25, 0.3) is 0 Å². The molecule has 0 spiro atoms. The van der Waals surface area contributed by atoms with Gasteiger partial charge in [0.05, 0.1) is 5.60 Å². The van der Waals surface area contributed by atoms with Crippen LogP contribution in [0.2, 0.25) is 0 Å². The third-order valence-electron chi connectivity index (χ3n) is 4.45. The minimum Gasteiger partial charge on any atom is -0.378 e. The summed E-state index contributed by atoms with van der Waals surface area (Å²) in [5.74, 6) is 0. The highest BCUT2D eigenvalue weighted by atomic mass is 16.5. The molecule has 0 amide bonds. The number of ether oxygens (including phenoxy) is 1. The van der Waals surface area contributed by atoms with E-state index in [-0.39, 0.29) is 11.0 Å². The lowest BCUT2D eigenvalue weighted by atomic mass is 9.56. The average molecular weight is 228 g/mol. The van der Waals surface area contributed by atoms with Crippen LogP contribution < -0.4 is 5.32 Å². The monoisotopic (exact) mass is 228 g/mol. The highest BCUT2D eigenvalue weighted by Crippen LogP contribution is 2.51. The average Bonchev–Trinajstić information content (AvgIpc) is 2.21. The molecule has 0 saturated heterocycles. The van der Waals surface area contributed by atoms with E-state index in [9.17, 15) is 0 Å². The zero-order valence-electron chi connectivity index (χ0n) is 11.8. The Bertz CT molecular complexity index is 228. The van der Waals surface area contributed by atoms with Crippen LogP contribution in [0.15, 0.2) is 0 Å². The van der Waals surface area contributed by atoms with Crippen molar-refractivity contribution in [3.63, 3.8) is 0 Å². The third-order valence-corrected chi connectivity index (χ3v) is 4.45. The van der Waals surface area contributed by atoms with Crippen molar-refractivity contribution in [1.29, 1.82) is 0 Å². The van der Waals surface area contributed by atoms with Crippen LogP contribution in [0.5, 0.6) is 0 Å². The summed E-state index contributed by atoms with van der Waals surface area (Å²) in [6, 6.07) is 0.597. The summed E-state index contributed by atoms with van der Waals surface area (Å²) in [5, 5.41) is 3.65. The molecule has 1 rings (SSSR count). The van der Waals surface area contributed by atoms with Crippen LogP contribution in [0.1, 0.15) is 33.6 Å². The van der Waals surface area contributed by atoms with E-state index in [1.807, 2.05) is 7.11 Å². The molecular weight excluding hydrogens is 200 g/mol. The van der Waals surface area contributed by atoms with Crippen molar-refractivity contribution in [3.05, 3.63) is 0 Å². The van der Waals surface area contributed by atoms with Gasteiger partial charge in [0.1, 0.15) is 0 Å². The Morgan fingerprint density at radius 1 is 1.31 bits per heavy atom. The highest BCUT2D eigenvalue weighted by Gasteiger charge is 2.57. The molecule has 1 fully saturated rings. The molecule has 1 aliphatic rings. The number of rotatable bonds is 6. The predicted molar refractivity (Wildman–Crippen MR) is 68.8 cm³/mol. The molecule has 0 bridgehead atoms. The first-order valence-corrected chi connectivity index (χ1v) is 6.27. The van der Waals surface area contributed by atoms with E-state index in [1.54, 1.807) is 0 Å². The Hall–Kier alpha value is -0.120. The molecule has 1 aliphatic carbocycles. The van der Waals surface area contributed by atoms with E-state index in [0.717, 1.165) is 19.5 Å². The minimum absolute atomic E-state index is 0.0478. The fraction of sp³-hybridized carbons (Fsp3) is 1.00. The van der Waals surface area contributed by atoms with Gasteiger partial charge in [-0.05, 0) is 47.0 Å². The molecule has 0 aliphatic heterocycles. The second-order valence-corrected chi connectivity index (χ2v) is 6.02. The van der Waals surface area contributed by atoms with E-state index >= 15 is 0 Å². The molecule has 0 aromatic heterocycles. The summed E-state index contributed by atoms with van der Waals surface area (Å²) in [7, 11) is 6.06. The predicted octanol–water partition coefficient (Wildman–Crippen LogP) is 1.73. The smallest absolute Gasteiger partial charge is 0.0731 e. The summed E-state index contributed by atoms with van der Waals surface area (Å²) in [6.07, 6.45) is 2.34. The van der Waals surface area contributed by atoms with Crippen molar-refractivity contribution in [2.75, 3.05) is 34.3 Å². The maximum absolute atomic E-state index is 5.62. The second kappa shape index (κ2) is 5.03. The lowest BCUT2D eigenvalue weighted by molar-refractivity contribution is -0.180. The Balaban J connectivity index is 2.26. The van der Waals surface area contributed by atoms with E-state index in [2.05, 4.69) is 45.1 Å². The normalized spacial score (nSPS) is 32.8. The summed E-state index contributed by atoms with van der Waals surface area (Å²) >= 11 is 0. The molecule has 2 atom stereocenters. The maximum atomic E-state index is 5.62. The zero-order chi connectivity index (χ0) is 12.4. The van der Waals surface area contributed by atoms with Crippen LogP contribution in [0.25, 0.3) is 0 Å². The highest BCUT2D eigenvalue weighted by molar-refractivity contribution is 5.11. The first kappa shape index (κ1) is 13.9. The fourth-order valence-corrected chi connectivity index (χ4v) is 2.49. The molecule has 1 N–H and O–H groups in total. The number of hydrogen-bond acceptors (Lipinski definition) is 3. The van der Waals surface area contributed by atoms with Crippen LogP contribution >= 0.6 is 0 Å². The van der Waals surface area contributed by atoms with Crippen molar-refractivity contribution in [2.45, 2.75) is 45.3 Å². The van der Waals surface area contributed by atoms with Gasteiger partial charge in [-0.1, -0.05) is 13.8 Å². The molecule has 0 aromatic carbocycles. The Labute approximate surface area is 101 Å². The molecule has 2 unspecified atom stereocenters. The van der Waals surface area contributed by atoms with Crippen molar-refractivity contribution < 1.29 is 4.74 Å². The Kier molecular flexibility index (Phi) is 4.38. The van der Waals surface area contributed by atoms with Gasteiger partial charge in [-0.15, -0.1) is 0 Å². The quantitative estimate of drug-likeness (QED) is 0.701. The van der Waals surface area contributed by atoms with Crippen LogP contribution in [-0.4, -0.2) is 50.8 Å². The van der Waals surface area contributed by atoms with Gasteiger partial charge < -0.3 is 15.0 Å². The van der Waals surface area contributed by atoms with Gasteiger partial charge in [-0.3, -0.25) is 0 Å². The number of hydrogen-bond donors (Lipinski definition) is 1. The van der Waals surface area contributed by atoms with Gasteiger partial charge in [0.2, 0.25) is 0 Å². The largest absolute Gasteiger partial charge is 0.378 e. The van der Waals surface area contributed by atoms with Crippen LogP contribution in [0, 0.1) is 5.41 Å². The maximum Gasteiger partial charge on any atom is 0.0731 e. The molecule has 0 aromatic rings. The molecule has 0 heterocycles. The number of methoxy groups -OCH3 is 1.